The summed E-state index contributed by atoms with van der Waals surface area (Å²) in [6.45, 7) is 9.75. The first-order valence-corrected chi connectivity index (χ1v) is 6.93. The van der Waals surface area contributed by atoms with Gasteiger partial charge in [0, 0.05) is 31.7 Å². The number of hydrogen-bond donors (Lipinski definition) is 1. The Hall–Kier alpha value is -1.69. The first-order chi connectivity index (χ1) is 9.35. The third kappa shape index (κ3) is 3.90. The fourth-order valence-corrected chi connectivity index (χ4v) is 2.04. The van der Waals surface area contributed by atoms with Crippen molar-refractivity contribution in [3.05, 3.63) is 18.1 Å². The Morgan fingerprint density at radius 2 is 1.80 bits per heavy atom. The van der Waals surface area contributed by atoms with Crippen LogP contribution in [0.5, 0.6) is 0 Å². The molecule has 0 radical (unpaired) electrons. The molecule has 110 valence electrons. The quantitative estimate of drug-likeness (QED) is 0.864. The Morgan fingerprint density at radius 1 is 1.15 bits per heavy atom. The predicted molar refractivity (Wildman–Crippen MR) is 79.0 cm³/mol. The van der Waals surface area contributed by atoms with Crippen LogP contribution in [0.15, 0.2) is 12.4 Å². The Balaban J connectivity index is 2.01. The highest BCUT2D eigenvalue weighted by molar-refractivity contribution is 5.92. The van der Waals surface area contributed by atoms with Crippen molar-refractivity contribution in [2.24, 2.45) is 0 Å². The molecule has 1 aliphatic heterocycles. The van der Waals surface area contributed by atoms with E-state index in [4.69, 9.17) is 0 Å². The number of likely N-dealkylation sites (N-methyl/N-ethyl adjacent to an activating group) is 1. The molecular formula is C14H23N5O. The lowest BCUT2D eigenvalue weighted by Gasteiger charge is -2.32. The highest BCUT2D eigenvalue weighted by Gasteiger charge is 2.18. The largest absolute Gasteiger partial charge is 0.353 e. The van der Waals surface area contributed by atoms with Crippen LogP contribution in [0.3, 0.4) is 0 Å². The number of hydrogen-bond acceptors (Lipinski definition) is 5. The molecular weight excluding hydrogens is 254 g/mol. The predicted octanol–water partition coefficient (Wildman–Crippen LogP) is 0.757. The molecule has 1 aliphatic rings. The molecule has 1 fully saturated rings. The van der Waals surface area contributed by atoms with Crippen molar-refractivity contribution in [2.75, 3.05) is 38.1 Å². The van der Waals surface area contributed by atoms with E-state index in [9.17, 15) is 4.79 Å². The van der Waals surface area contributed by atoms with Crippen LogP contribution in [-0.4, -0.2) is 59.5 Å². The zero-order valence-electron chi connectivity index (χ0n) is 12.7. The number of aromatic nitrogens is 2. The van der Waals surface area contributed by atoms with Crippen LogP contribution in [0.1, 0.15) is 31.3 Å². The molecule has 20 heavy (non-hydrogen) atoms. The number of amides is 1. The first kappa shape index (κ1) is 14.7. The smallest absolute Gasteiger partial charge is 0.271 e. The minimum absolute atomic E-state index is 0.185. The van der Waals surface area contributed by atoms with Crippen LogP contribution in [0.25, 0.3) is 0 Å². The number of carbonyl (C=O) groups is 1. The zero-order valence-corrected chi connectivity index (χ0v) is 12.7. The molecule has 6 heteroatoms. The second-order valence-electron chi connectivity index (χ2n) is 6.25. The topological polar surface area (TPSA) is 61.4 Å². The van der Waals surface area contributed by atoms with Gasteiger partial charge in [-0.05, 0) is 27.8 Å². The van der Waals surface area contributed by atoms with E-state index in [1.165, 1.54) is 0 Å². The van der Waals surface area contributed by atoms with Gasteiger partial charge in [-0.25, -0.2) is 9.97 Å². The lowest BCUT2D eigenvalue weighted by molar-refractivity contribution is 0.0914. The maximum atomic E-state index is 12.0. The van der Waals surface area contributed by atoms with Gasteiger partial charge in [0.1, 0.15) is 11.5 Å². The Kier molecular flexibility index (Phi) is 4.23. The van der Waals surface area contributed by atoms with Gasteiger partial charge in [0.05, 0.1) is 12.4 Å². The minimum atomic E-state index is -0.269. The van der Waals surface area contributed by atoms with Crippen molar-refractivity contribution >= 4 is 11.7 Å². The number of nitrogens with zero attached hydrogens (tertiary/aromatic N) is 4. The molecule has 1 saturated heterocycles. The Bertz CT molecular complexity index is 457. The van der Waals surface area contributed by atoms with Crippen LogP contribution in [0.2, 0.25) is 0 Å². The van der Waals surface area contributed by atoms with E-state index in [0.29, 0.717) is 5.69 Å². The van der Waals surface area contributed by atoms with Gasteiger partial charge in [0.15, 0.2) is 0 Å². The van der Waals surface area contributed by atoms with Crippen molar-refractivity contribution in [2.45, 2.75) is 26.3 Å². The molecule has 2 rings (SSSR count). The second-order valence-corrected chi connectivity index (χ2v) is 6.25. The lowest BCUT2D eigenvalue weighted by Crippen LogP contribution is -2.45. The number of anilines is 1. The molecule has 0 spiro atoms. The molecule has 6 nitrogen and oxygen atoms in total. The minimum Gasteiger partial charge on any atom is -0.353 e. The fraction of sp³-hybridized carbons (Fsp3) is 0.643. The molecule has 0 bridgehead atoms. The van der Waals surface area contributed by atoms with Crippen LogP contribution < -0.4 is 10.2 Å². The monoisotopic (exact) mass is 277 g/mol. The molecule has 1 N–H and O–H groups in total. The lowest BCUT2D eigenvalue weighted by atomic mass is 10.1. The molecule has 1 amide bonds. The van der Waals surface area contributed by atoms with Crippen molar-refractivity contribution in [1.82, 2.24) is 20.2 Å². The number of piperazine rings is 1. The average molecular weight is 277 g/mol. The van der Waals surface area contributed by atoms with E-state index in [0.717, 1.165) is 32.0 Å². The van der Waals surface area contributed by atoms with Crippen molar-refractivity contribution in [1.29, 1.82) is 0 Å². The van der Waals surface area contributed by atoms with E-state index < -0.39 is 0 Å². The summed E-state index contributed by atoms with van der Waals surface area (Å²) in [6, 6.07) is 0. The van der Waals surface area contributed by atoms with Gasteiger partial charge in [0.25, 0.3) is 5.91 Å². The summed E-state index contributed by atoms with van der Waals surface area (Å²) >= 11 is 0. The summed E-state index contributed by atoms with van der Waals surface area (Å²) in [5.74, 6) is 0.653. The van der Waals surface area contributed by atoms with E-state index in [1.54, 1.807) is 12.4 Å². The van der Waals surface area contributed by atoms with E-state index in [2.05, 4.69) is 32.1 Å². The summed E-state index contributed by atoms with van der Waals surface area (Å²) < 4.78 is 0. The number of nitrogens with one attached hydrogen (secondary N) is 1. The number of rotatable bonds is 2. The molecule has 2 heterocycles. The summed E-state index contributed by atoms with van der Waals surface area (Å²) in [4.78, 5) is 25.0. The van der Waals surface area contributed by atoms with Gasteiger partial charge in [-0.1, -0.05) is 0 Å². The fourth-order valence-electron chi connectivity index (χ4n) is 2.04. The molecule has 1 aromatic heterocycles. The molecule has 0 aromatic carbocycles. The third-order valence-electron chi connectivity index (χ3n) is 3.19. The van der Waals surface area contributed by atoms with Gasteiger partial charge in [-0.3, -0.25) is 4.79 Å². The molecule has 0 saturated carbocycles. The van der Waals surface area contributed by atoms with Crippen molar-refractivity contribution in [3.63, 3.8) is 0 Å². The standard InChI is InChI=1S/C14H23N5O/c1-14(2,3)17-13(20)11-9-16-12(10-15-11)19-7-5-18(4)6-8-19/h9-10H,5-8H2,1-4H3,(H,17,20). The highest BCUT2D eigenvalue weighted by Crippen LogP contribution is 2.12. The van der Waals surface area contributed by atoms with Gasteiger partial charge in [-0.15, -0.1) is 0 Å². The molecule has 0 aliphatic carbocycles. The van der Waals surface area contributed by atoms with Gasteiger partial charge in [-0.2, -0.15) is 0 Å². The third-order valence-corrected chi connectivity index (χ3v) is 3.19. The summed E-state index contributed by atoms with van der Waals surface area (Å²) in [5, 5.41) is 2.88. The molecule has 1 aromatic rings. The van der Waals surface area contributed by atoms with Crippen molar-refractivity contribution in [3.8, 4) is 0 Å². The van der Waals surface area contributed by atoms with E-state index >= 15 is 0 Å². The van der Waals surface area contributed by atoms with Crippen LogP contribution in [0, 0.1) is 0 Å². The maximum Gasteiger partial charge on any atom is 0.271 e. The van der Waals surface area contributed by atoms with Gasteiger partial charge in [0.2, 0.25) is 0 Å². The van der Waals surface area contributed by atoms with Crippen LogP contribution in [0.4, 0.5) is 5.82 Å². The highest BCUT2D eigenvalue weighted by atomic mass is 16.2. The van der Waals surface area contributed by atoms with Crippen molar-refractivity contribution < 1.29 is 4.79 Å². The Morgan fingerprint density at radius 3 is 2.30 bits per heavy atom. The van der Waals surface area contributed by atoms with Gasteiger partial charge < -0.3 is 15.1 Å². The van der Waals surface area contributed by atoms with Crippen LogP contribution in [-0.2, 0) is 0 Å². The Labute approximate surface area is 120 Å². The van der Waals surface area contributed by atoms with Gasteiger partial charge >= 0.3 is 0 Å². The van der Waals surface area contributed by atoms with E-state index in [1.807, 2.05) is 20.8 Å². The normalized spacial score (nSPS) is 17.1. The summed E-state index contributed by atoms with van der Waals surface area (Å²) in [5.41, 5.74) is 0.0901. The first-order valence-electron chi connectivity index (χ1n) is 6.93. The summed E-state index contributed by atoms with van der Waals surface area (Å²) in [6.07, 6.45) is 3.23. The maximum absolute atomic E-state index is 12.0. The number of carbonyl (C=O) groups excluding carboxylic acids is 1. The average Bonchev–Trinajstić information content (AvgIpc) is 2.38. The van der Waals surface area contributed by atoms with E-state index in [-0.39, 0.29) is 11.4 Å². The molecule has 0 atom stereocenters. The summed E-state index contributed by atoms with van der Waals surface area (Å²) in [7, 11) is 2.11. The van der Waals surface area contributed by atoms with Crippen LogP contribution >= 0.6 is 0 Å². The zero-order chi connectivity index (χ0) is 14.8. The SMILES string of the molecule is CN1CCN(c2cnc(C(=O)NC(C)(C)C)cn2)CC1. The second kappa shape index (κ2) is 5.75. The molecule has 0 unspecified atom stereocenters.